The average molecular weight is 794 g/mol. The van der Waals surface area contributed by atoms with Crippen LogP contribution in [0.2, 0.25) is 0 Å². The molecule has 0 bridgehead atoms. The van der Waals surface area contributed by atoms with Crippen LogP contribution in [0, 0.1) is 0 Å². The number of rotatable bonds is 17. The normalized spacial score (nSPS) is 43.1. The quantitative estimate of drug-likeness (QED) is 0.0650. The highest BCUT2D eigenvalue weighted by molar-refractivity contribution is 5.82. The molecule has 1 saturated carbocycles. The second-order valence-electron chi connectivity index (χ2n) is 14.1. The van der Waals surface area contributed by atoms with E-state index in [2.05, 4.69) is 10.6 Å². The molecule has 3 saturated heterocycles. The molecule has 19 atom stereocenters. The van der Waals surface area contributed by atoms with Crippen molar-refractivity contribution in [3.63, 3.8) is 0 Å². The van der Waals surface area contributed by atoms with Gasteiger partial charge in [0.1, 0.15) is 54.9 Å². The topological polar surface area (TPSA) is 388 Å². The summed E-state index contributed by atoms with van der Waals surface area (Å²) in [6.45, 7) is -2.50. The van der Waals surface area contributed by atoms with Crippen molar-refractivity contribution < 1.29 is 82.8 Å². The number of alkyl halides is 2. The molecular weight excluding hydrogens is 736 g/mol. The molecule has 2 unspecified atom stereocenters. The Balaban J connectivity index is 1.55. The Morgan fingerprint density at radius 2 is 1.46 bits per heavy atom. The predicted molar refractivity (Wildman–Crippen MR) is 176 cm³/mol. The summed E-state index contributed by atoms with van der Waals surface area (Å²) in [6, 6.07) is -4.66. The molecular formula is C30H57F2N7O15. The van der Waals surface area contributed by atoms with Crippen LogP contribution in [0.15, 0.2) is 0 Å². The zero-order chi connectivity index (χ0) is 40.1. The van der Waals surface area contributed by atoms with Gasteiger partial charge in [-0.05, 0) is 19.3 Å². The lowest BCUT2D eigenvalue weighted by Gasteiger charge is -2.47. The van der Waals surface area contributed by atoms with Gasteiger partial charge in [0.15, 0.2) is 25.0 Å². The highest BCUT2D eigenvalue weighted by Crippen LogP contribution is 2.35. The summed E-state index contributed by atoms with van der Waals surface area (Å²) in [4.78, 5) is 12.7. The van der Waals surface area contributed by atoms with Crippen LogP contribution in [-0.4, -0.2) is 208 Å². The van der Waals surface area contributed by atoms with E-state index >= 15 is 0 Å². The maximum atomic E-state index is 14.1. The van der Waals surface area contributed by atoms with Crippen LogP contribution in [0.4, 0.5) is 8.78 Å². The fourth-order valence-corrected chi connectivity index (χ4v) is 6.78. The summed E-state index contributed by atoms with van der Waals surface area (Å²) >= 11 is 0. The van der Waals surface area contributed by atoms with E-state index in [4.69, 9.17) is 62.2 Å². The Hall–Kier alpha value is -1.47. The number of amides is 1. The first-order valence-electron chi connectivity index (χ1n) is 17.8. The number of carbonyl (C=O) groups is 1. The molecule has 0 radical (unpaired) electrons. The van der Waals surface area contributed by atoms with Crippen molar-refractivity contribution in [1.82, 2.24) is 10.6 Å². The van der Waals surface area contributed by atoms with Gasteiger partial charge in [-0.15, -0.1) is 0 Å². The van der Waals surface area contributed by atoms with E-state index in [1.54, 1.807) is 0 Å². The van der Waals surface area contributed by atoms with Gasteiger partial charge < -0.3 is 109 Å². The Labute approximate surface area is 309 Å². The first-order chi connectivity index (χ1) is 25.5. The molecule has 20 N–H and O–H groups in total. The van der Waals surface area contributed by atoms with Crippen molar-refractivity contribution >= 4 is 5.91 Å². The molecule has 316 valence electrons. The van der Waals surface area contributed by atoms with Gasteiger partial charge in [-0.25, -0.2) is 8.78 Å². The Morgan fingerprint density at radius 1 is 0.815 bits per heavy atom. The number of aliphatic hydroxyl groups excluding tert-OH is 8. The van der Waals surface area contributed by atoms with Crippen molar-refractivity contribution in [1.29, 1.82) is 0 Å². The van der Waals surface area contributed by atoms with Crippen LogP contribution in [0.1, 0.15) is 19.3 Å². The van der Waals surface area contributed by atoms with Gasteiger partial charge in [-0.2, -0.15) is 0 Å². The van der Waals surface area contributed by atoms with Gasteiger partial charge in [0.25, 0.3) is 11.8 Å². The Bertz CT molecular complexity index is 1180. The highest BCUT2D eigenvalue weighted by atomic mass is 19.3. The summed E-state index contributed by atoms with van der Waals surface area (Å²) in [5.74, 6) is -5.58. The molecule has 54 heavy (non-hydrogen) atoms. The number of nitrogens with one attached hydrogen (secondary N) is 2. The molecule has 4 aliphatic rings. The molecule has 3 aliphatic heterocycles. The molecule has 24 heteroatoms. The monoisotopic (exact) mass is 793 g/mol. The van der Waals surface area contributed by atoms with Crippen molar-refractivity contribution in [2.75, 3.05) is 39.4 Å². The molecule has 0 aromatic rings. The summed E-state index contributed by atoms with van der Waals surface area (Å²) in [7, 11) is 0. The van der Waals surface area contributed by atoms with E-state index in [-0.39, 0.29) is 26.1 Å². The largest absolute Gasteiger partial charge is 0.394 e. The second-order valence-corrected chi connectivity index (χ2v) is 14.1. The maximum absolute atomic E-state index is 14.1. The number of hydrogen-bond donors (Lipinski definition) is 15. The minimum Gasteiger partial charge on any atom is -0.394 e. The first kappa shape index (κ1) is 45.2. The van der Waals surface area contributed by atoms with E-state index in [0.29, 0.717) is 12.8 Å². The predicted octanol–water partition coefficient (Wildman–Crippen LogP) is -8.74. The summed E-state index contributed by atoms with van der Waals surface area (Å²) in [5, 5.41) is 87.5. The second kappa shape index (κ2) is 19.8. The van der Waals surface area contributed by atoms with Gasteiger partial charge in [-0.1, -0.05) is 0 Å². The third kappa shape index (κ3) is 10.5. The minimum atomic E-state index is -4.01. The minimum absolute atomic E-state index is 0.0702. The number of ether oxygens (including phenoxy) is 6. The Morgan fingerprint density at radius 3 is 2.09 bits per heavy atom. The van der Waals surface area contributed by atoms with Crippen LogP contribution in [-0.2, 0) is 33.2 Å². The smallest absolute Gasteiger partial charge is 0.294 e. The zero-order valence-electron chi connectivity index (χ0n) is 29.4. The molecule has 22 nitrogen and oxygen atoms in total. The lowest BCUT2D eigenvalue weighted by Crippen LogP contribution is -2.67. The third-order valence-corrected chi connectivity index (χ3v) is 10.1. The third-order valence-electron chi connectivity index (χ3n) is 10.1. The van der Waals surface area contributed by atoms with Crippen LogP contribution < -0.4 is 39.3 Å². The van der Waals surface area contributed by atoms with Crippen LogP contribution in [0.3, 0.4) is 0 Å². The fourth-order valence-electron chi connectivity index (χ4n) is 6.78. The van der Waals surface area contributed by atoms with Crippen molar-refractivity contribution in [3.8, 4) is 0 Å². The Kier molecular flexibility index (Phi) is 16.6. The molecule has 1 amide bonds. The van der Waals surface area contributed by atoms with E-state index in [9.17, 15) is 49.3 Å². The van der Waals surface area contributed by atoms with Crippen molar-refractivity contribution in [2.24, 2.45) is 28.7 Å². The van der Waals surface area contributed by atoms with Gasteiger partial charge in [-0.3, -0.25) is 4.79 Å². The summed E-state index contributed by atoms with van der Waals surface area (Å²) in [6.07, 6.45) is -21.7. The highest BCUT2D eigenvalue weighted by Gasteiger charge is 2.54. The van der Waals surface area contributed by atoms with Gasteiger partial charge in [0, 0.05) is 25.7 Å². The SMILES string of the molecule is NC[C@@H]1O[C@H](O[C@H]2[C@@H](O)[C@H](O[C@@H]3[C@@H](O)[C@H](NC(=O)C(O)C(F)(F)CN)C[C@H](N)[C@H]3O[C@H]3O[C@H](CNCC(O)CO)CC[C@H]3N)O[C@@H]2CO)[C@H](N)[C@@H](O)[C@@H]1O. The van der Waals surface area contributed by atoms with E-state index < -0.39 is 148 Å². The average Bonchev–Trinajstić information content (AvgIpc) is 3.45. The fraction of sp³-hybridized carbons (Fsp3) is 0.967. The van der Waals surface area contributed by atoms with E-state index in [1.807, 2.05) is 0 Å². The molecule has 1 aliphatic carbocycles. The molecule has 3 heterocycles. The van der Waals surface area contributed by atoms with Gasteiger partial charge >= 0.3 is 0 Å². The van der Waals surface area contributed by atoms with Gasteiger partial charge in [0.2, 0.25) is 0 Å². The summed E-state index contributed by atoms with van der Waals surface area (Å²) < 4.78 is 63.6. The maximum Gasteiger partial charge on any atom is 0.294 e. The molecule has 0 spiro atoms. The van der Waals surface area contributed by atoms with Crippen molar-refractivity contribution in [3.05, 3.63) is 0 Å². The lowest BCUT2D eigenvalue weighted by atomic mass is 9.83. The van der Waals surface area contributed by atoms with Crippen molar-refractivity contribution in [2.45, 2.75) is 141 Å². The standard InChI is InChI=1S/C30H57F2N7O15/c31-30(32,9-34)25(47)26(48)39-14-3-13(36)22(52-27-12(35)2-1-11(49-27)6-38-5-10(42)7-40)24(18(14)43)54-29-21(46)23(16(8-41)51-29)53-28-17(37)20(45)19(44)15(4-33)50-28/h10-25,27-29,38,40-47H,1-9,33-37H2,(H,39,48)/t10?,11-,12+,13-,14+,15-,16+,17+,18-,19+,20+,21+,22+,23+,24+,25?,27+,28+,29-/m0/s1. The number of hydrogen-bond acceptors (Lipinski definition) is 21. The lowest BCUT2D eigenvalue weighted by molar-refractivity contribution is -0.290. The molecule has 4 fully saturated rings. The van der Waals surface area contributed by atoms with Gasteiger partial charge in [0.05, 0.1) is 50.1 Å². The molecule has 4 rings (SSSR count). The molecule has 0 aromatic carbocycles. The molecule has 0 aromatic heterocycles. The number of nitrogens with two attached hydrogens (primary N) is 5. The van der Waals surface area contributed by atoms with E-state index in [1.165, 1.54) is 0 Å². The van der Waals surface area contributed by atoms with E-state index in [0.717, 1.165) is 0 Å². The number of aliphatic hydroxyl groups is 8. The summed E-state index contributed by atoms with van der Waals surface area (Å²) in [5.41, 5.74) is 29.4. The number of carbonyl (C=O) groups excluding carboxylic acids is 1. The first-order valence-corrected chi connectivity index (χ1v) is 17.8. The van der Waals surface area contributed by atoms with Crippen LogP contribution in [0.5, 0.6) is 0 Å². The van der Waals surface area contributed by atoms with Crippen LogP contribution >= 0.6 is 0 Å². The zero-order valence-corrected chi connectivity index (χ0v) is 29.4. The number of halogens is 2. The van der Waals surface area contributed by atoms with Crippen LogP contribution in [0.25, 0.3) is 0 Å².